The molecule has 1 aliphatic heterocycles. The first-order valence-corrected chi connectivity index (χ1v) is 7.13. The molecule has 0 saturated carbocycles. The van der Waals surface area contributed by atoms with Gasteiger partial charge in [0.05, 0.1) is 5.54 Å². The molecule has 2 unspecified atom stereocenters. The second-order valence-corrected chi connectivity index (χ2v) is 5.48. The van der Waals surface area contributed by atoms with E-state index in [0.29, 0.717) is 12.3 Å². The maximum atomic E-state index is 11.6. The smallest absolute Gasteiger partial charge is 0.324 e. The summed E-state index contributed by atoms with van der Waals surface area (Å²) in [6.45, 7) is 7.05. The van der Waals surface area contributed by atoms with Crippen molar-refractivity contribution in [2.24, 2.45) is 5.92 Å². The van der Waals surface area contributed by atoms with Gasteiger partial charge in [0.15, 0.2) is 0 Å². The molecule has 19 heavy (non-hydrogen) atoms. The summed E-state index contributed by atoms with van der Waals surface area (Å²) in [5.41, 5.74) is 0.982. The highest BCUT2D eigenvalue weighted by Crippen LogP contribution is 2.41. The Labute approximate surface area is 115 Å². The van der Waals surface area contributed by atoms with Crippen LogP contribution in [0, 0.1) is 5.92 Å². The minimum absolute atomic E-state index is 0.156. The molecule has 104 valence electrons. The van der Waals surface area contributed by atoms with E-state index in [0.717, 1.165) is 19.4 Å². The van der Waals surface area contributed by atoms with E-state index in [1.165, 1.54) is 5.56 Å². The molecule has 0 radical (unpaired) electrons. The number of piperidine rings is 1. The van der Waals surface area contributed by atoms with Crippen LogP contribution in [0.15, 0.2) is 30.3 Å². The van der Waals surface area contributed by atoms with Crippen molar-refractivity contribution in [3.8, 4) is 0 Å². The summed E-state index contributed by atoms with van der Waals surface area (Å²) < 4.78 is 0. The molecule has 3 nitrogen and oxygen atoms in total. The number of nitrogens with zero attached hydrogens (tertiary/aromatic N) is 1. The standard InChI is InChI=1S/C16H23NO2/c1-4-15(18)19-17-12-8-9-13(2)16(17,3)14-10-6-5-7-11-14/h5-7,10-11,13H,4,8-9,12H2,1-3H3. The fraction of sp³-hybridized carbons (Fsp3) is 0.562. The molecule has 0 aromatic heterocycles. The van der Waals surface area contributed by atoms with E-state index in [2.05, 4.69) is 26.0 Å². The predicted octanol–water partition coefficient (Wildman–Crippen LogP) is 3.50. The molecule has 1 aromatic carbocycles. The lowest BCUT2D eigenvalue weighted by Gasteiger charge is -2.47. The van der Waals surface area contributed by atoms with Gasteiger partial charge in [-0.15, -0.1) is 5.06 Å². The van der Waals surface area contributed by atoms with Gasteiger partial charge in [0.2, 0.25) is 0 Å². The van der Waals surface area contributed by atoms with Crippen molar-refractivity contribution in [3.05, 3.63) is 35.9 Å². The van der Waals surface area contributed by atoms with Crippen molar-refractivity contribution < 1.29 is 9.63 Å². The van der Waals surface area contributed by atoms with Crippen molar-refractivity contribution in [2.75, 3.05) is 6.54 Å². The van der Waals surface area contributed by atoms with Gasteiger partial charge in [-0.1, -0.05) is 44.2 Å². The van der Waals surface area contributed by atoms with Crippen LogP contribution in [-0.4, -0.2) is 17.6 Å². The van der Waals surface area contributed by atoms with Gasteiger partial charge in [-0.3, -0.25) is 4.79 Å². The third-order valence-corrected chi connectivity index (χ3v) is 4.33. The van der Waals surface area contributed by atoms with Gasteiger partial charge in [0.25, 0.3) is 0 Å². The molecule has 0 spiro atoms. The number of rotatable bonds is 3. The normalized spacial score (nSPS) is 28.1. The summed E-state index contributed by atoms with van der Waals surface area (Å²) in [6.07, 6.45) is 2.64. The lowest BCUT2D eigenvalue weighted by Crippen LogP contribution is -2.52. The molecule has 3 heteroatoms. The minimum atomic E-state index is -0.232. The zero-order valence-electron chi connectivity index (χ0n) is 12.1. The van der Waals surface area contributed by atoms with Crippen LogP contribution in [0.25, 0.3) is 0 Å². The van der Waals surface area contributed by atoms with Crippen molar-refractivity contribution in [1.29, 1.82) is 0 Å². The summed E-state index contributed by atoms with van der Waals surface area (Å²) in [4.78, 5) is 17.2. The predicted molar refractivity (Wildman–Crippen MR) is 75.3 cm³/mol. The Bertz CT molecular complexity index is 432. The number of hydroxylamine groups is 2. The van der Waals surface area contributed by atoms with Crippen LogP contribution < -0.4 is 0 Å². The van der Waals surface area contributed by atoms with Gasteiger partial charge in [-0.05, 0) is 31.2 Å². The average molecular weight is 261 g/mol. The van der Waals surface area contributed by atoms with Gasteiger partial charge in [0.1, 0.15) is 0 Å². The maximum absolute atomic E-state index is 11.6. The molecule has 0 aliphatic carbocycles. The number of hydrogen-bond acceptors (Lipinski definition) is 3. The van der Waals surface area contributed by atoms with Crippen molar-refractivity contribution in [1.82, 2.24) is 5.06 Å². The van der Waals surface area contributed by atoms with Gasteiger partial charge in [-0.25, -0.2) is 0 Å². The Morgan fingerprint density at radius 2 is 2.11 bits per heavy atom. The molecule has 1 aliphatic rings. The van der Waals surface area contributed by atoms with Crippen molar-refractivity contribution in [3.63, 3.8) is 0 Å². The topological polar surface area (TPSA) is 29.5 Å². The van der Waals surface area contributed by atoms with Gasteiger partial charge < -0.3 is 4.84 Å². The molecule has 2 atom stereocenters. The average Bonchev–Trinajstić information content (AvgIpc) is 2.44. The highest BCUT2D eigenvalue weighted by atomic mass is 16.7. The van der Waals surface area contributed by atoms with E-state index in [9.17, 15) is 4.79 Å². The summed E-state index contributed by atoms with van der Waals surface area (Å²) in [5, 5.41) is 1.89. The third-order valence-electron chi connectivity index (χ3n) is 4.33. The van der Waals surface area contributed by atoms with Crippen LogP contribution in [0.4, 0.5) is 0 Å². The zero-order valence-corrected chi connectivity index (χ0v) is 12.1. The molecule has 0 amide bonds. The first-order valence-electron chi connectivity index (χ1n) is 7.13. The fourth-order valence-corrected chi connectivity index (χ4v) is 2.83. The summed E-state index contributed by atoms with van der Waals surface area (Å²) in [7, 11) is 0. The van der Waals surface area contributed by atoms with Crippen LogP contribution >= 0.6 is 0 Å². The van der Waals surface area contributed by atoms with E-state index in [1.54, 1.807) is 0 Å². The first-order chi connectivity index (χ1) is 9.09. The van der Waals surface area contributed by atoms with Crippen LogP contribution in [0.1, 0.15) is 45.6 Å². The van der Waals surface area contributed by atoms with E-state index < -0.39 is 0 Å². The van der Waals surface area contributed by atoms with E-state index in [4.69, 9.17) is 4.84 Å². The maximum Gasteiger partial charge on any atom is 0.324 e. The molecular weight excluding hydrogens is 238 g/mol. The highest BCUT2D eigenvalue weighted by molar-refractivity contribution is 5.68. The Morgan fingerprint density at radius 1 is 1.42 bits per heavy atom. The zero-order chi connectivity index (χ0) is 13.9. The van der Waals surface area contributed by atoms with E-state index >= 15 is 0 Å². The summed E-state index contributed by atoms with van der Waals surface area (Å²) in [5.74, 6) is 0.296. The molecule has 1 aromatic rings. The van der Waals surface area contributed by atoms with Crippen LogP contribution in [0.5, 0.6) is 0 Å². The molecule has 2 rings (SSSR count). The third kappa shape index (κ3) is 2.66. The summed E-state index contributed by atoms with van der Waals surface area (Å²) in [6, 6.07) is 10.3. The Kier molecular flexibility index (Phi) is 4.25. The lowest BCUT2D eigenvalue weighted by molar-refractivity contribution is -0.241. The number of carbonyl (C=O) groups is 1. The molecule has 1 saturated heterocycles. The molecule has 1 fully saturated rings. The van der Waals surface area contributed by atoms with Crippen LogP contribution in [0.3, 0.4) is 0 Å². The Morgan fingerprint density at radius 3 is 2.74 bits per heavy atom. The van der Waals surface area contributed by atoms with E-state index in [1.807, 2.05) is 30.2 Å². The highest BCUT2D eigenvalue weighted by Gasteiger charge is 2.43. The largest absolute Gasteiger partial charge is 0.367 e. The number of hydrogen-bond donors (Lipinski definition) is 0. The fourth-order valence-electron chi connectivity index (χ4n) is 2.83. The second kappa shape index (κ2) is 5.74. The first kappa shape index (κ1) is 14.1. The van der Waals surface area contributed by atoms with E-state index in [-0.39, 0.29) is 11.5 Å². The van der Waals surface area contributed by atoms with Crippen molar-refractivity contribution >= 4 is 5.97 Å². The quantitative estimate of drug-likeness (QED) is 0.834. The minimum Gasteiger partial charge on any atom is -0.367 e. The molecule has 0 bridgehead atoms. The van der Waals surface area contributed by atoms with Crippen LogP contribution in [0.2, 0.25) is 0 Å². The Hall–Kier alpha value is -1.35. The van der Waals surface area contributed by atoms with Crippen molar-refractivity contribution in [2.45, 2.75) is 45.6 Å². The molecular formula is C16H23NO2. The monoisotopic (exact) mass is 261 g/mol. The molecule has 1 heterocycles. The number of benzene rings is 1. The summed E-state index contributed by atoms with van der Waals surface area (Å²) >= 11 is 0. The van der Waals surface area contributed by atoms with Gasteiger partial charge >= 0.3 is 5.97 Å². The lowest BCUT2D eigenvalue weighted by atomic mass is 9.75. The van der Waals surface area contributed by atoms with Gasteiger partial charge in [0, 0.05) is 13.0 Å². The second-order valence-electron chi connectivity index (χ2n) is 5.48. The Balaban J connectivity index is 2.32. The number of carbonyl (C=O) groups excluding carboxylic acids is 1. The SMILES string of the molecule is CCC(=O)ON1CCCC(C)C1(C)c1ccccc1. The van der Waals surface area contributed by atoms with Gasteiger partial charge in [-0.2, -0.15) is 0 Å². The van der Waals surface area contributed by atoms with Crippen LogP contribution in [-0.2, 0) is 15.2 Å². The molecule has 0 N–H and O–H groups in total.